The number of nitro groups is 1. The zero-order valence-electron chi connectivity index (χ0n) is 10.6. The number of hydrogen-bond acceptors (Lipinski definition) is 3. The molecule has 5 nitrogen and oxygen atoms in total. The van der Waals surface area contributed by atoms with Crippen molar-refractivity contribution in [1.82, 2.24) is 4.90 Å². The third-order valence-corrected chi connectivity index (χ3v) is 3.55. The van der Waals surface area contributed by atoms with Gasteiger partial charge in [-0.1, -0.05) is 17.7 Å². The molecule has 1 aliphatic carbocycles. The lowest BCUT2D eigenvalue weighted by Gasteiger charge is -2.20. The van der Waals surface area contributed by atoms with Crippen molar-refractivity contribution < 1.29 is 9.72 Å². The lowest BCUT2D eigenvalue weighted by molar-refractivity contribution is -0.385. The number of hydrogen-bond donors (Lipinski definition) is 0. The number of amides is 1. The molecule has 1 amide bonds. The Hall–Kier alpha value is -1.62. The molecule has 0 unspecified atom stereocenters. The molecule has 0 radical (unpaired) electrons. The van der Waals surface area contributed by atoms with Crippen LogP contribution in [0, 0.1) is 16.0 Å². The molecular weight excluding hydrogens is 268 g/mol. The molecular formula is C13H15ClN2O3. The summed E-state index contributed by atoms with van der Waals surface area (Å²) in [5.41, 5.74) is -0.233. The Labute approximate surface area is 116 Å². The first-order valence-electron chi connectivity index (χ1n) is 6.26. The minimum atomic E-state index is -0.597. The van der Waals surface area contributed by atoms with Crippen LogP contribution in [0.15, 0.2) is 18.2 Å². The Morgan fingerprint density at radius 3 is 2.74 bits per heavy atom. The summed E-state index contributed by atoms with van der Waals surface area (Å²) in [5.74, 6) is 0.228. The van der Waals surface area contributed by atoms with E-state index in [1.165, 1.54) is 12.1 Å². The van der Waals surface area contributed by atoms with Crippen LogP contribution in [0.3, 0.4) is 0 Å². The number of nitrogens with zero attached hydrogens (tertiary/aromatic N) is 2. The highest BCUT2D eigenvalue weighted by Gasteiger charge is 2.30. The van der Waals surface area contributed by atoms with Crippen LogP contribution in [0.1, 0.15) is 30.1 Å². The fourth-order valence-corrected chi connectivity index (χ4v) is 2.26. The van der Waals surface area contributed by atoms with Gasteiger partial charge in [-0.2, -0.15) is 0 Å². The van der Waals surface area contributed by atoms with Crippen LogP contribution in [0.2, 0.25) is 5.02 Å². The minimum Gasteiger partial charge on any atom is -0.338 e. The van der Waals surface area contributed by atoms with E-state index in [0.717, 1.165) is 12.8 Å². The Morgan fingerprint density at radius 1 is 1.53 bits per heavy atom. The predicted octanol–water partition coefficient (Wildman–Crippen LogP) is 3.12. The first kappa shape index (κ1) is 13.8. The molecule has 1 aromatic rings. The van der Waals surface area contributed by atoms with Crippen LogP contribution in [0.25, 0.3) is 0 Å². The molecule has 1 aromatic carbocycles. The second-order valence-corrected chi connectivity index (χ2v) is 5.09. The van der Waals surface area contributed by atoms with Gasteiger partial charge in [0.1, 0.15) is 10.6 Å². The number of carbonyl (C=O) groups excluding carboxylic acids is 1. The van der Waals surface area contributed by atoms with E-state index >= 15 is 0 Å². The number of para-hydroxylation sites is 1. The van der Waals surface area contributed by atoms with Crippen molar-refractivity contribution in [2.45, 2.75) is 19.8 Å². The molecule has 0 heterocycles. The number of nitro benzene ring substituents is 1. The molecule has 0 aliphatic heterocycles. The van der Waals surface area contributed by atoms with Crippen molar-refractivity contribution in [3.63, 3.8) is 0 Å². The molecule has 2 rings (SSSR count). The van der Waals surface area contributed by atoms with Gasteiger partial charge in [0.15, 0.2) is 0 Å². The van der Waals surface area contributed by atoms with Crippen molar-refractivity contribution in [1.29, 1.82) is 0 Å². The third kappa shape index (κ3) is 3.04. The largest absolute Gasteiger partial charge is 0.338 e. The van der Waals surface area contributed by atoms with E-state index in [9.17, 15) is 14.9 Å². The molecule has 0 aromatic heterocycles. The van der Waals surface area contributed by atoms with Gasteiger partial charge in [0.2, 0.25) is 0 Å². The topological polar surface area (TPSA) is 63.5 Å². The van der Waals surface area contributed by atoms with E-state index in [4.69, 9.17) is 11.6 Å². The highest BCUT2D eigenvalue weighted by Crippen LogP contribution is 2.32. The van der Waals surface area contributed by atoms with Gasteiger partial charge in [0.05, 0.1) is 4.92 Å². The normalized spacial score (nSPS) is 14.2. The summed E-state index contributed by atoms with van der Waals surface area (Å²) in [6, 6.07) is 4.45. The second-order valence-electron chi connectivity index (χ2n) is 4.68. The van der Waals surface area contributed by atoms with Gasteiger partial charge in [0.25, 0.3) is 5.91 Å². The molecule has 19 heavy (non-hydrogen) atoms. The molecule has 102 valence electrons. The summed E-state index contributed by atoms with van der Waals surface area (Å²) in [7, 11) is 0. The van der Waals surface area contributed by atoms with Gasteiger partial charge in [-0.05, 0) is 37.8 Å². The second kappa shape index (κ2) is 5.57. The SMILES string of the molecule is CCN(CC1CC1)C(=O)c1cccc(Cl)c1[N+](=O)[O-]. The fourth-order valence-electron chi connectivity index (χ4n) is 2.01. The van der Waals surface area contributed by atoms with E-state index in [-0.39, 0.29) is 22.2 Å². The number of rotatable bonds is 5. The number of benzene rings is 1. The van der Waals surface area contributed by atoms with Crippen LogP contribution in [-0.2, 0) is 0 Å². The molecule has 0 N–H and O–H groups in total. The highest BCUT2D eigenvalue weighted by atomic mass is 35.5. The Morgan fingerprint density at radius 2 is 2.21 bits per heavy atom. The number of halogens is 1. The van der Waals surface area contributed by atoms with Crippen LogP contribution in [0.4, 0.5) is 5.69 Å². The maximum atomic E-state index is 12.4. The van der Waals surface area contributed by atoms with Gasteiger partial charge in [-0.25, -0.2) is 0 Å². The van der Waals surface area contributed by atoms with Crippen molar-refractivity contribution in [3.05, 3.63) is 38.9 Å². The molecule has 0 spiro atoms. The smallest absolute Gasteiger partial charge is 0.300 e. The molecule has 0 saturated heterocycles. The summed E-state index contributed by atoms with van der Waals surface area (Å²) in [6.07, 6.45) is 2.25. The van der Waals surface area contributed by atoms with Gasteiger partial charge in [-0.15, -0.1) is 0 Å². The Bertz CT molecular complexity index is 515. The zero-order chi connectivity index (χ0) is 14.0. The van der Waals surface area contributed by atoms with Crippen molar-refractivity contribution in [3.8, 4) is 0 Å². The summed E-state index contributed by atoms with van der Waals surface area (Å²) in [5, 5.41) is 11.0. The van der Waals surface area contributed by atoms with Crippen LogP contribution < -0.4 is 0 Å². The third-order valence-electron chi connectivity index (χ3n) is 3.24. The maximum Gasteiger partial charge on any atom is 0.300 e. The van der Waals surface area contributed by atoms with E-state index < -0.39 is 4.92 Å². The highest BCUT2D eigenvalue weighted by molar-refractivity contribution is 6.33. The molecule has 6 heteroatoms. The van der Waals surface area contributed by atoms with E-state index in [1.807, 2.05) is 6.92 Å². The van der Waals surface area contributed by atoms with Gasteiger partial charge in [0, 0.05) is 13.1 Å². The van der Waals surface area contributed by atoms with Gasteiger partial charge >= 0.3 is 5.69 Å². The van der Waals surface area contributed by atoms with Crippen molar-refractivity contribution >= 4 is 23.2 Å². The molecule has 0 atom stereocenters. The van der Waals surface area contributed by atoms with Crippen LogP contribution >= 0.6 is 11.6 Å². The van der Waals surface area contributed by atoms with E-state index in [1.54, 1.807) is 11.0 Å². The number of carbonyl (C=O) groups is 1. The summed E-state index contributed by atoms with van der Waals surface area (Å²) in [6.45, 7) is 3.08. The zero-order valence-corrected chi connectivity index (χ0v) is 11.4. The first-order valence-corrected chi connectivity index (χ1v) is 6.64. The van der Waals surface area contributed by atoms with Crippen molar-refractivity contribution in [2.24, 2.45) is 5.92 Å². The molecule has 0 bridgehead atoms. The summed E-state index contributed by atoms with van der Waals surface area (Å²) in [4.78, 5) is 24.5. The molecule has 1 saturated carbocycles. The minimum absolute atomic E-state index is 0.00155. The standard InChI is InChI=1S/C13H15ClN2O3/c1-2-15(8-9-6-7-9)13(17)10-4-3-5-11(14)12(10)16(18)19/h3-5,9H,2,6-8H2,1H3. The van der Waals surface area contributed by atoms with Crippen LogP contribution in [-0.4, -0.2) is 28.8 Å². The lowest BCUT2D eigenvalue weighted by Crippen LogP contribution is -2.33. The average Bonchev–Trinajstić information content (AvgIpc) is 3.18. The molecule has 1 aliphatic rings. The fraction of sp³-hybridized carbons (Fsp3) is 0.462. The van der Waals surface area contributed by atoms with Crippen LogP contribution in [0.5, 0.6) is 0 Å². The molecule has 1 fully saturated rings. The lowest BCUT2D eigenvalue weighted by atomic mass is 10.1. The maximum absolute atomic E-state index is 12.4. The predicted molar refractivity (Wildman–Crippen MR) is 72.4 cm³/mol. The summed E-state index contributed by atoms with van der Waals surface area (Å²) < 4.78 is 0. The monoisotopic (exact) mass is 282 g/mol. The van der Waals surface area contributed by atoms with Crippen molar-refractivity contribution in [2.75, 3.05) is 13.1 Å². The average molecular weight is 283 g/mol. The first-order chi connectivity index (χ1) is 9.04. The quantitative estimate of drug-likeness (QED) is 0.616. The van der Waals surface area contributed by atoms with Gasteiger partial charge in [-0.3, -0.25) is 14.9 Å². The summed E-state index contributed by atoms with van der Waals surface area (Å²) >= 11 is 5.82. The van der Waals surface area contributed by atoms with E-state index in [0.29, 0.717) is 19.0 Å². The van der Waals surface area contributed by atoms with E-state index in [2.05, 4.69) is 0 Å². The van der Waals surface area contributed by atoms with Gasteiger partial charge < -0.3 is 4.90 Å². The Kier molecular flexibility index (Phi) is 4.04. The Balaban J connectivity index is 2.31.